The molecule has 6 rings (SSSR count). The lowest BCUT2D eigenvalue weighted by atomic mass is 9.95. The highest BCUT2D eigenvalue weighted by Gasteiger charge is 2.45. The van der Waals surface area contributed by atoms with Gasteiger partial charge in [0.25, 0.3) is 5.56 Å². The summed E-state index contributed by atoms with van der Waals surface area (Å²) in [6.07, 6.45) is -3.50. The van der Waals surface area contributed by atoms with Crippen LogP contribution < -0.4 is 33.8 Å². The summed E-state index contributed by atoms with van der Waals surface area (Å²) >= 11 is 6.79. The number of aromatic nitrogens is 1. The van der Waals surface area contributed by atoms with Crippen LogP contribution in [0.5, 0.6) is 23.0 Å². The minimum atomic E-state index is -5.01. The smallest absolute Gasteiger partial charge is 0.434 e. The van der Waals surface area contributed by atoms with Crippen LogP contribution in [0, 0.1) is 0 Å². The molecule has 0 radical (unpaired) electrons. The van der Waals surface area contributed by atoms with Crippen molar-refractivity contribution in [1.29, 1.82) is 0 Å². The zero-order valence-corrected chi connectivity index (χ0v) is 25.8. The molecule has 0 spiro atoms. The first-order chi connectivity index (χ1) is 22.1. The number of nitrogens with zero attached hydrogens (tertiary/aromatic N) is 2. The van der Waals surface area contributed by atoms with Crippen molar-refractivity contribution in [3.63, 3.8) is 0 Å². The molecule has 2 aliphatic rings. The van der Waals surface area contributed by atoms with Crippen LogP contribution in [-0.2, 0) is 16.1 Å². The molecule has 4 aromatic rings. The lowest BCUT2D eigenvalue weighted by Crippen LogP contribution is -2.41. The normalized spacial score (nSPS) is 15.8. The van der Waals surface area contributed by atoms with Crippen LogP contribution in [0.15, 0.2) is 81.7 Å². The van der Waals surface area contributed by atoms with Gasteiger partial charge in [-0.1, -0.05) is 47.2 Å². The van der Waals surface area contributed by atoms with Gasteiger partial charge in [0.05, 0.1) is 29.9 Å². The number of halogens is 4. The maximum Gasteiger partial charge on any atom is 0.434 e. The maximum atomic E-state index is 14.3. The monoisotopic (exact) mass is 672 g/mol. The summed E-state index contributed by atoms with van der Waals surface area (Å²) in [6.45, 7) is 1.66. The third-order valence-corrected chi connectivity index (χ3v) is 8.33. The molecule has 9 nitrogen and oxygen atoms in total. The number of fused-ring (bicyclic) bond motifs is 2. The lowest BCUT2D eigenvalue weighted by molar-refractivity contribution is -0.140. The topological polar surface area (TPSA) is 97.6 Å². The second kappa shape index (κ2) is 12.6. The van der Waals surface area contributed by atoms with Gasteiger partial charge in [-0.2, -0.15) is 13.2 Å². The van der Waals surface area contributed by atoms with Gasteiger partial charge in [-0.15, -0.1) is 0 Å². The van der Waals surface area contributed by atoms with Crippen LogP contribution in [0.3, 0.4) is 0 Å². The van der Waals surface area contributed by atoms with E-state index < -0.39 is 35.0 Å². The first kappa shape index (κ1) is 31.2. The molecule has 2 aliphatic heterocycles. The van der Waals surface area contributed by atoms with Crippen LogP contribution in [-0.4, -0.2) is 37.2 Å². The molecule has 0 saturated heterocycles. The van der Waals surface area contributed by atoms with Gasteiger partial charge < -0.3 is 23.7 Å². The Bertz CT molecular complexity index is 2040. The van der Waals surface area contributed by atoms with Crippen LogP contribution in [0.1, 0.15) is 29.7 Å². The third kappa shape index (κ3) is 6.07. The molecule has 0 bridgehead atoms. The number of esters is 1. The average Bonchev–Trinajstić information content (AvgIpc) is 3.63. The van der Waals surface area contributed by atoms with E-state index >= 15 is 0 Å². The molecule has 14 heteroatoms. The van der Waals surface area contributed by atoms with Gasteiger partial charge in [0.15, 0.2) is 33.5 Å². The predicted octanol–water partition coefficient (Wildman–Crippen LogP) is 5.31. The van der Waals surface area contributed by atoms with Crippen LogP contribution in [0.4, 0.5) is 13.2 Å². The number of hydrogen-bond acceptors (Lipinski definition) is 9. The SMILES string of the molecule is CCOC(=O)C1=C(C(F)(F)F)N=c2s/c(=C\c3ccc(OCc4ccc5c(c4)OCO5)c(OC)c3)c(=O)n2[C@H]1c1ccc(Cl)cc1. The van der Waals surface area contributed by atoms with Crippen molar-refractivity contribution in [2.24, 2.45) is 4.99 Å². The minimum Gasteiger partial charge on any atom is -0.493 e. The second-order valence-corrected chi connectivity index (χ2v) is 11.4. The number of methoxy groups -OCH3 is 1. The summed E-state index contributed by atoms with van der Waals surface area (Å²) < 4.78 is 71.4. The largest absolute Gasteiger partial charge is 0.493 e. The Balaban J connectivity index is 1.40. The Labute approximate surface area is 268 Å². The Kier molecular flexibility index (Phi) is 8.53. The van der Waals surface area contributed by atoms with Crippen molar-refractivity contribution >= 4 is 35.0 Å². The molecule has 0 aliphatic carbocycles. The molecule has 0 unspecified atom stereocenters. The fraction of sp³-hybridized carbons (Fsp3) is 0.219. The van der Waals surface area contributed by atoms with Gasteiger partial charge in [-0.25, -0.2) is 9.79 Å². The molecule has 238 valence electrons. The number of carbonyl (C=O) groups excluding carboxylic acids is 1. The standard InChI is InChI=1S/C32H24ClF3N2O7S/c1-3-42-30(40)26-27(19-6-8-20(33)9-7-19)38-29(39)25(46-31(38)37-28(26)32(34,35)36)14-17-4-10-21(23(12-17)41-2)43-15-18-5-11-22-24(13-18)45-16-44-22/h4-14,27H,3,15-16H2,1-2H3/b25-14-/t27-/m0/s1. The van der Waals surface area contributed by atoms with Crippen molar-refractivity contribution in [3.05, 3.63) is 113 Å². The number of carbonyl (C=O) groups is 1. The number of hydrogen-bond donors (Lipinski definition) is 0. The van der Waals surface area contributed by atoms with E-state index in [0.717, 1.165) is 21.5 Å². The number of rotatable bonds is 8. The number of ether oxygens (including phenoxy) is 5. The van der Waals surface area contributed by atoms with E-state index in [1.54, 1.807) is 24.3 Å². The van der Waals surface area contributed by atoms with E-state index in [0.29, 0.717) is 33.6 Å². The predicted molar refractivity (Wildman–Crippen MR) is 162 cm³/mol. The maximum absolute atomic E-state index is 14.3. The van der Waals surface area contributed by atoms with Gasteiger partial charge in [0.2, 0.25) is 6.79 Å². The lowest BCUT2D eigenvalue weighted by Gasteiger charge is -2.26. The molecule has 0 fully saturated rings. The molecule has 3 heterocycles. The van der Waals surface area contributed by atoms with Crippen LogP contribution in [0.2, 0.25) is 5.02 Å². The van der Waals surface area contributed by atoms with Gasteiger partial charge in [-0.05, 0) is 66.1 Å². The molecular weight excluding hydrogens is 649 g/mol. The van der Waals surface area contributed by atoms with Gasteiger partial charge in [0.1, 0.15) is 6.61 Å². The van der Waals surface area contributed by atoms with E-state index in [4.69, 9.17) is 35.3 Å². The van der Waals surface area contributed by atoms with E-state index in [-0.39, 0.29) is 34.9 Å². The Morgan fingerprint density at radius 1 is 1.09 bits per heavy atom. The fourth-order valence-corrected chi connectivity index (χ4v) is 6.16. The third-order valence-electron chi connectivity index (χ3n) is 7.10. The Hall–Kier alpha value is -4.75. The van der Waals surface area contributed by atoms with Gasteiger partial charge in [0, 0.05) is 5.02 Å². The second-order valence-electron chi connectivity index (χ2n) is 10.0. The van der Waals surface area contributed by atoms with Crippen LogP contribution in [0.25, 0.3) is 6.08 Å². The van der Waals surface area contributed by atoms with Crippen molar-refractivity contribution < 1.29 is 41.7 Å². The van der Waals surface area contributed by atoms with Crippen molar-refractivity contribution in [3.8, 4) is 23.0 Å². The minimum absolute atomic E-state index is 0.0837. The average molecular weight is 673 g/mol. The first-order valence-electron chi connectivity index (χ1n) is 13.8. The molecule has 0 N–H and O–H groups in total. The molecule has 1 atom stereocenters. The van der Waals surface area contributed by atoms with Gasteiger partial charge >= 0.3 is 12.1 Å². The Morgan fingerprint density at radius 2 is 1.85 bits per heavy atom. The molecule has 0 amide bonds. The molecule has 46 heavy (non-hydrogen) atoms. The summed E-state index contributed by atoms with van der Waals surface area (Å²) in [5, 5.41) is 0.325. The molecule has 0 saturated carbocycles. The van der Waals surface area contributed by atoms with E-state index in [1.165, 1.54) is 44.4 Å². The summed E-state index contributed by atoms with van der Waals surface area (Å²) in [4.78, 5) is 30.4. The number of thiazole rings is 1. The highest BCUT2D eigenvalue weighted by atomic mass is 35.5. The molecule has 1 aromatic heterocycles. The van der Waals surface area contributed by atoms with E-state index in [1.807, 2.05) is 12.1 Å². The summed E-state index contributed by atoms with van der Waals surface area (Å²) in [6, 6.07) is 14.8. The van der Waals surface area contributed by atoms with Gasteiger partial charge in [-0.3, -0.25) is 9.36 Å². The van der Waals surface area contributed by atoms with Crippen molar-refractivity contribution in [2.75, 3.05) is 20.5 Å². The number of benzene rings is 3. The van der Waals surface area contributed by atoms with E-state index in [9.17, 15) is 22.8 Å². The highest BCUT2D eigenvalue weighted by molar-refractivity contribution is 7.07. The zero-order valence-electron chi connectivity index (χ0n) is 24.2. The summed E-state index contributed by atoms with van der Waals surface area (Å²) in [5.74, 6) is 0.844. The number of allylic oxidation sites excluding steroid dienone is 1. The van der Waals surface area contributed by atoms with Crippen LogP contribution >= 0.6 is 22.9 Å². The number of alkyl halides is 3. The summed E-state index contributed by atoms with van der Waals surface area (Å²) in [5.41, 5.74) is -1.28. The quantitative estimate of drug-likeness (QED) is 0.234. The van der Waals surface area contributed by atoms with Crippen molar-refractivity contribution in [2.45, 2.75) is 25.7 Å². The fourth-order valence-electron chi connectivity index (χ4n) is 5.04. The Morgan fingerprint density at radius 3 is 2.57 bits per heavy atom. The molecular formula is C32H24ClF3N2O7S. The first-order valence-corrected chi connectivity index (χ1v) is 15.0. The van der Waals surface area contributed by atoms with E-state index in [2.05, 4.69) is 4.99 Å². The van der Waals surface area contributed by atoms with Crippen molar-refractivity contribution in [1.82, 2.24) is 4.57 Å². The zero-order chi connectivity index (χ0) is 32.6. The summed E-state index contributed by atoms with van der Waals surface area (Å²) in [7, 11) is 1.46. The highest BCUT2D eigenvalue weighted by Crippen LogP contribution is 2.39. The molecule has 3 aromatic carbocycles.